The Bertz CT molecular complexity index is 263. The van der Waals surface area contributed by atoms with Crippen LogP contribution in [0.4, 0.5) is 0 Å². The highest BCUT2D eigenvalue weighted by atomic mass is 32.1. The van der Waals surface area contributed by atoms with E-state index in [1.165, 1.54) is 12.1 Å². The molecule has 1 rings (SSSR count). The zero-order chi connectivity index (χ0) is 10.9. The van der Waals surface area contributed by atoms with Crippen molar-refractivity contribution in [2.24, 2.45) is 0 Å². The van der Waals surface area contributed by atoms with Crippen LogP contribution in [-0.4, -0.2) is 31.8 Å². The summed E-state index contributed by atoms with van der Waals surface area (Å²) in [7, 11) is 1.75. The van der Waals surface area contributed by atoms with Gasteiger partial charge in [-0.25, -0.2) is 4.98 Å². The highest BCUT2D eigenvalue weighted by molar-refractivity contribution is 7.09. The Morgan fingerprint density at radius 2 is 2.27 bits per heavy atom. The van der Waals surface area contributed by atoms with Crippen LogP contribution in [-0.2, 0) is 11.2 Å². The first-order valence-electron chi connectivity index (χ1n) is 5.43. The zero-order valence-electron chi connectivity index (χ0n) is 9.58. The quantitative estimate of drug-likeness (QED) is 0.691. The third-order valence-corrected chi connectivity index (χ3v) is 3.00. The number of aryl methyl sites for hydroxylation is 1. The second-order valence-electron chi connectivity index (χ2n) is 3.56. The lowest BCUT2D eigenvalue weighted by molar-refractivity contribution is 0.192. The maximum atomic E-state index is 4.98. The summed E-state index contributed by atoms with van der Waals surface area (Å²) in [5.41, 5.74) is 1.21. The Morgan fingerprint density at radius 3 is 2.93 bits per heavy atom. The summed E-state index contributed by atoms with van der Waals surface area (Å²) in [6.45, 7) is 5.02. The minimum absolute atomic E-state index is 0.868. The Morgan fingerprint density at radius 1 is 1.40 bits per heavy atom. The van der Waals surface area contributed by atoms with Crippen LogP contribution < -0.4 is 5.32 Å². The summed E-state index contributed by atoms with van der Waals surface area (Å²) in [6, 6.07) is 0. The van der Waals surface area contributed by atoms with Crippen LogP contribution in [0.1, 0.15) is 23.5 Å². The summed E-state index contributed by atoms with van der Waals surface area (Å²) in [4.78, 5) is 4.42. The largest absolute Gasteiger partial charge is 0.385 e. The number of rotatable bonds is 8. The first-order valence-corrected chi connectivity index (χ1v) is 6.31. The molecule has 15 heavy (non-hydrogen) atoms. The van der Waals surface area contributed by atoms with E-state index in [4.69, 9.17) is 4.74 Å². The molecule has 0 aliphatic heterocycles. The average Bonchev–Trinajstić information content (AvgIpc) is 2.63. The molecule has 1 heterocycles. The first kappa shape index (κ1) is 12.6. The van der Waals surface area contributed by atoms with E-state index in [1.54, 1.807) is 18.4 Å². The van der Waals surface area contributed by atoms with Gasteiger partial charge in [-0.1, -0.05) is 0 Å². The fraction of sp³-hybridized carbons (Fsp3) is 0.727. The maximum Gasteiger partial charge on any atom is 0.0897 e. The Hall–Kier alpha value is -0.450. The number of aromatic nitrogens is 1. The number of methoxy groups -OCH3 is 1. The van der Waals surface area contributed by atoms with Crippen molar-refractivity contribution in [3.8, 4) is 0 Å². The van der Waals surface area contributed by atoms with Crippen LogP contribution >= 0.6 is 11.3 Å². The van der Waals surface area contributed by atoms with Crippen molar-refractivity contribution in [3.63, 3.8) is 0 Å². The molecule has 0 aliphatic rings. The van der Waals surface area contributed by atoms with E-state index < -0.39 is 0 Å². The molecule has 1 aromatic rings. The third kappa shape index (κ3) is 5.87. The standard InChI is InChI=1S/C11H20N2OS/c1-10-13-11(9-15-10)5-7-12-6-3-4-8-14-2/h9,12H,3-8H2,1-2H3. The Balaban J connectivity index is 1.93. The van der Waals surface area contributed by atoms with Crippen LogP contribution in [0, 0.1) is 6.92 Å². The SMILES string of the molecule is COCCCCNCCc1csc(C)n1. The van der Waals surface area contributed by atoms with Crippen LogP contribution in [0.3, 0.4) is 0 Å². The van der Waals surface area contributed by atoms with Crippen LogP contribution in [0.5, 0.6) is 0 Å². The van der Waals surface area contributed by atoms with Gasteiger partial charge in [0.15, 0.2) is 0 Å². The second-order valence-corrected chi connectivity index (χ2v) is 4.62. The lowest BCUT2D eigenvalue weighted by atomic mass is 10.3. The highest BCUT2D eigenvalue weighted by Gasteiger charge is 1.97. The molecule has 0 saturated heterocycles. The average molecular weight is 228 g/mol. The van der Waals surface area contributed by atoms with E-state index >= 15 is 0 Å². The van der Waals surface area contributed by atoms with Crippen LogP contribution in [0.15, 0.2) is 5.38 Å². The molecule has 0 atom stereocenters. The number of hydrogen-bond donors (Lipinski definition) is 1. The normalized spacial score (nSPS) is 10.8. The number of nitrogens with zero attached hydrogens (tertiary/aromatic N) is 1. The van der Waals surface area contributed by atoms with Crippen molar-refractivity contribution in [2.45, 2.75) is 26.2 Å². The predicted molar refractivity (Wildman–Crippen MR) is 64.5 cm³/mol. The molecule has 0 aromatic carbocycles. The second kappa shape index (κ2) is 7.79. The molecular weight excluding hydrogens is 208 g/mol. The highest BCUT2D eigenvalue weighted by Crippen LogP contribution is 2.07. The van der Waals surface area contributed by atoms with Gasteiger partial charge in [0.2, 0.25) is 0 Å². The molecule has 3 nitrogen and oxygen atoms in total. The lowest BCUT2D eigenvalue weighted by Gasteiger charge is -2.02. The number of thiazole rings is 1. The molecule has 0 spiro atoms. The molecule has 1 aromatic heterocycles. The van der Waals surface area contributed by atoms with E-state index in [0.717, 1.165) is 37.5 Å². The molecular formula is C11H20N2OS. The number of nitrogens with one attached hydrogen (secondary N) is 1. The molecule has 1 N–H and O–H groups in total. The van der Waals surface area contributed by atoms with Gasteiger partial charge in [-0.2, -0.15) is 0 Å². The van der Waals surface area contributed by atoms with Crippen molar-refractivity contribution in [1.82, 2.24) is 10.3 Å². The molecule has 0 radical (unpaired) electrons. The van der Waals surface area contributed by atoms with Crippen LogP contribution in [0.2, 0.25) is 0 Å². The Kier molecular flexibility index (Phi) is 6.55. The van der Waals surface area contributed by atoms with Gasteiger partial charge in [0, 0.05) is 32.1 Å². The number of ether oxygens (including phenoxy) is 1. The third-order valence-electron chi connectivity index (χ3n) is 2.18. The summed E-state index contributed by atoms with van der Waals surface area (Å²) in [5.74, 6) is 0. The van der Waals surface area contributed by atoms with Gasteiger partial charge in [-0.15, -0.1) is 11.3 Å². The van der Waals surface area contributed by atoms with Crippen molar-refractivity contribution >= 4 is 11.3 Å². The number of hydrogen-bond acceptors (Lipinski definition) is 4. The topological polar surface area (TPSA) is 34.1 Å². The van der Waals surface area contributed by atoms with Gasteiger partial charge in [0.25, 0.3) is 0 Å². The minimum Gasteiger partial charge on any atom is -0.385 e. The Labute approximate surface area is 95.9 Å². The predicted octanol–water partition coefficient (Wildman–Crippen LogP) is 2.01. The molecule has 0 aliphatic carbocycles. The summed E-state index contributed by atoms with van der Waals surface area (Å²) in [6.07, 6.45) is 3.36. The van der Waals surface area contributed by atoms with Gasteiger partial charge in [-0.05, 0) is 26.3 Å². The number of unbranched alkanes of at least 4 members (excludes halogenated alkanes) is 1. The zero-order valence-corrected chi connectivity index (χ0v) is 10.4. The van der Waals surface area contributed by atoms with E-state index in [1.807, 2.05) is 6.92 Å². The summed E-state index contributed by atoms with van der Waals surface area (Å²) < 4.78 is 4.98. The molecule has 4 heteroatoms. The fourth-order valence-electron chi connectivity index (χ4n) is 1.36. The molecule has 0 saturated carbocycles. The van der Waals surface area contributed by atoms with Gasteiger partial charge in [-0.3, -0.25) is 0 Å². The van der Waals surface area contributed by atoms with Crippen molar-refractivity contribution in [1.29, 1.82) is 0 Å². The lowest BCUT2D eigenvalue weighted by Crippen LogP contribution is -2.18. The molecule has 0 bridgehead atoms. The summed E-state index contributed by atoms with van der Waals surface area (Å²) >= 11 is 1.72. The molecule has 0 amide bonds. The molecule has 0 unspecified atom stereocenters. The van der Waals surface area contributed by atoms with Crippen molar-refractivity contribution in [2.75, 3.05) is 26.8 Å². The monoisotopic (exact) mass is 228 g/mol. The molecule has 86 valence electrons. The van der Waals surface area contributed by atoms with Gasteiger partial charge in [0.1, 0.15) is 0 Å². The van der Waals surface area contributed by atoms with Crippen LogP contribution in [0.25, 0.3) is 0 Å². The van der Waals surface area contributed by atoms with Gasteiger partial charge >= 0.3 is 0 Å². The summed E-state index contributed by atoms with van der Waals surface area (Å²) in [5, 5.41) is 6.71. The van der Waals surface area contributed by atoms with Crippen molar-refractivity contribution in [3.05, 3.63) is 16.1 Å². The smallest absolute Gasteiger partial charge is 0.0897 e. The minimum atomic E-state index is 0.868. The van der Waals surface area contributed by atoms with E-state index in [0.29, 0.717) is 0 Å². The first-order chi connectivity index (χ1) is 7.33. The van der Waals surface area contributed by atoms with Gasteiger partial charge in [0.05, 0.1) is 10.7 Å². The van der Waals surface area contributed by atoms with E-state index in [9.17, 15) is 0 Å². The molecule has 0 fully saturated rings. The van der Waals surface area contributed by atoms with E-state index in [-0.39, 0.29) is 0 Å². The maximum absolute atomic E-state index is 4.98. The van der Waals surface area contributed by atoms with Gasteiger partial charge < -0.3 is 10.1 Å². The van der Waals surface area contributed by atoms with E-state index in [2.05, 4.69) is 15.7 Å². The van der Waals surface area contributed by atoms with Crippen molar-refractivity contribution < 1.29 is 4.74 Å². The fourth-order valence-corrected chi connectivity index (χ4v) is 2.01.